The fourth-order valence-corrected chi connectivity index (χ4v) is 2.40. The minimum atomic E-state index is 0.365. The Morgan fingerprint density at radius 2 is 2.22 bits per heavy atom. The Hall–Kier alpha value is -1.68. The standard InChI is InChI=1S/C14H17N3O/c1-10-5-2-3-7-12(10)13-16-14(18-17-13)11-6-4-8-15-9-11/h2-3,5,7,11,15H,4,6,8-9H2,1H3/t11-/m0/s1. The Balaban J connectivity index is 1.87. The quantitative estimate of drug-likeness (QED) is 0.880. The molecule has 0 spiro atoms. The van der Waals surface area contributed by atoms with Crippen LogP contribution in [-0.2, 0) is 0 Å². The van der Waals surface area contributed by atoms with Crippen LogP contribution in [0.25, 0.3) is 11.4 Å². The van der Waals surface area contributed by atoms with Crippen molar-refractivity contribution in [2.75, 3.05) is 13.1 Å². The maximum atomic E-state index is 5.41. The molecule has 0 saturated carbocycles. The van der Waals surface area contributed by atoms with Gasteiger partial charge in [0.2, 0.25) is 11.7 Å². The number of rotatable bonds is 2. The summed E-state index contributed by atoms with van der Waals surface area (Å²) in [6, 6.07) is 8.11. The highest BCUT2D eigenvalue weighted by Gasteiger charge is 2.21. The van der Waals surface area contributed by atoms with E-state index in [1.807, 2.05) is 18.2 Å². The van der Waals surface area contributed by atoms with E-state index in [9.17, 15) is 0 Å². The minimum absolute atomic E-state index is 0.365. The molecule has 0 aliphatic carbocycles. The van der Waals surface area contributed by atoms with Crippen molar-refractivity contribution >= 4 is 0 Å². The molecule has 2 aromatic rings. The van der Waals surface area contributed by atoms with Gasteiger partial charge >= 0.3 is 0 Å². The second-order valence-electron chi connectivity index (χ2n) is 4.81. The summed E-state index contributed by atoms with van der Waals surface area (Å²) >= 11 is 0. The van der Waals surface area contributed by atoms with Gasteiger partial charge < -0.3 is 9.84 Å². The number of benzene rings is 1. The van der Waals surface area contributed by atoms with Gasteiger partial charge in [-0.3, -0.25) is 0 Å². The zero-order valence-corrected chi connectivity index (χ0v) is 10.5. The van der Waals surface area contributed by atoms with Crippen LogP contribution < -0.4 is 5.32 Å². The summed E-state index contributed by atoms with van der Waals surface area (Å²) in [5.74, 6) is 1.83. The lowest BCUT2D eigenvalue weighted by Crippen LogP contribution is -2.28. The normalized spacial score (nSPS) is 19.9. The average Bonchev–Trinajstić information content (AvgIpc) is 2.90. The van der Waals surface area contributed by atoms with Gasteiger partial charge in [0.25, 0.3) is 0 Å². The molecule has 0 radical (unpaired) electrons. The summed E-state index contributed by atoms with van der Waals surface area (Å²) in [6.07, 6.45) is 2.30. The predicted molar refractivity (Wildman–Crippen MR) is 69.3 cm³/mol. The molecule has 18 heavy (non-hydrogen) atoms. The van der Waals surface area contributed by atoms with Crippen molar-refractivity contribution < 1.29 is 4.52 Å². The molecule has 1 saturated heterocycles. The molecule has 1 aliphatic rings. The SMILES string of the molecule is Cc1ccccc1-c1noc([C@H]2CCCNC2)n1. The second kappa shape index (κ2) is 4.90. The lowest BCUT2D eigenvalue weighted by Gasteiger charge is -2.18. The number of hydrogen-bond donors (Lipinski definition) is 1. The number of nitrogens with zero attached hydrogens (tertiary/aromatic N) is 2. The molecule has 2 heterocycles. The molecular formula is C14H17N3O. The Kier molecular flexibility index (Phi) is 3.11. The van der Waals surface area contributed by atoms with Gasteiger partial charge in [-0.1, -0.05) is 29.4 Å². The van der Waals surface area contributed by atoms with Crippen LogP contribution in [0.1, 0.15) is 30.2 Å². The van der Waals surface area contributed by atoms with Gasteiger partial charge in [0.05, 0.1) is 5.92 Å². The molecule has 1 atom stereocenters. The number of aromatic nitrogens is 2. The van der Waals surface area contributed by atoms with E-state index in [-0.39, 0.29) is 0 Å². The van der Waals surface area contributed by atoms with E-state index >= 15 is 0 Å². The van der Waals surface area contributed by atoms with Gasteiger partial charge in [0.15, 0.2) is 0 Å². The number of piperidine rings is 1. The monoisotopic (exact) mass is 243 g/mol. The van der Waals surface area contributed by atoms with E-state index in [1.165, 1.54) is 12.0 Å². The summed E-state index contributed by atoms with van der Waals surface area (Å²) in [5.41, 5.74) is 2.22. The molecule has 4 nitrogen and oxygen atoms in total. The third kappa shape index (κ3) is 2.16. The Labute approximate surface area is 106 Å². The topological polar surface area (TPSA) is 51.0 Å². The molecule has 94 valence electrons. The molecule has 4 heteroatoms. The van der Waals surface area contributed by atoms with Crippen LogP contribution in [0.5, 0.6) is 0 Å². The summed E-state index contributed by atoms with van der Waals surface area (Å²) in [5, 5.41) is 7.47. The average molecular weight is 243 g/mol. The van der Waals surface area contributed by atoms with E-state index in [2.05, 4.69) is 28.4 Å². The smallest absolute Gasteiger partial charge is 0.231 e. The van der Waals surface area contributed by atoms with Gasteiger partial charge in [0, 0.05) is 12.1 Å². The first-order valence-corrected chi connectivity index (χ1v) is 6.45. The summed E-state index contributed by atoms with van der Waals surface area (Å²) < 4.78 is 5.41. The highest BCUT2D eigenvalue weighted by Crippen LogP contribution is 2.25. The molecule has 1 fully saturated rings. The summed E-state index contributed by atoms with van der Waals surface area (Å²) in [7, 11) is 0. The van der Waals surface area contributed by atoms with Crippen LogP contribution in [0.3, 0.4) is 0 Å². The van der Waals surface area contributed by atoms with E-state index in [1.54, 1.807) is 0 Å². The predicted octanol–water partition coefficient (Wildman–Crippen LogP) is 2.51. The van der Waals surface area contributed by atoms with Gasteiger partial charge in [-0.15, -0.1) is 0 Å². The van der Waals surface area contributed by atoms with Crippen LogP contribution in [0.15, 0.2) is 28.8 Å². The molecule has 3 rings (SSSR count). The number of aryl methyl sites for hydroxylation is 1. The zero-order chi connectivity index (χ0) is 12.4. The highest BCUT2D eigenvalue weighted by molar-refractivity contribution is 5.58. The molecule has 1 aromatic carbocycles. The summed E-state index contributed by atoms with van der Waals surface area (Å²) in [4.78, 5) is 4.55. The van der Waals surface area contributed by atoms with Crippen LogP contribution in [0, 0.1) is 6.92 Å². The molecule has 1 aliphatic heterocycles. The second-order valence-corrected chi connectivity index (χ2v) is 4.81. The van der Waals surface area contributed by atoms with E-state index in [4.69, 9.17) is 4.52 Å². The fraction of sp³-hybridized carbons (Fsp3) is 0.429. The largest absolute Gasteiger partial charge is 0.339 e. The molecule has 0 bridgehead atoms. The molecule has 1 aromatic heterocycles. The first-order chi connectivity index (χ1) is 8.84. The third-order valence-electron chi connectivity index (χ3n) is 3.47. The van der Waals surface area contributed by atoms with Crippen molar-refractivity contribution in [2.45, 2.75) is 25.7 Å². The van der Waals surface area contributed by atoms with Crippen molar-refractivity contribution in [3.63, 3.8) is 0 Å². The van der Waals surface area contributed by atoms with E-state index < -0.39 is 0 Å². The van der Waals surface area contributed by atoms with Crippen molar-refractivity contribution in [3.05, 3.63) is 35.7 Å². The highest BCUT2D eigenvalue weighted by atomic mass is 16.5. The fourth-order valence-electron chi connectivity index (χ4n) is 2.40. The summed E-state index contributed by atoms with van der Waals surface area (Å²) in [6.45, 7) is 4.10. The van der Waals surface area contributed by atoms with Crippen LogP contribution >= 0.6 is 0 Å². The van der Waals surface area contributed by atoms with Gasteiger partial charge in [-0.2, -0.15) is 4.98 Å². The zero-order valence-electron chi connectivity index (χ0n) is 10.5. The maximum Gasteiger partial charge on any atom is 0.231 e. The van der Waals surface area contributed by atoms with Crippen molar-refractivity contribution in [1.29, 1.82) is 0 Å². The van der Waals surface area contributed by atoms with Gasteiger partial charge in [0.1, 0.15) is 0 Å². The van der Waals surface area contributed by atoms with E-state index in [0.717, 1.165) is 31.0 Å². The Bertz CT molecular complexity index is 529. The minimum Gasteiger partial charge on any atom is -0.339 e. The Morgan fingerprint density at radius 3 is 3.00 bits per heavy atom. The number of nitrogens with one attached hydrogen (secondary N) is 1. The van der Waals surface area contributed by atoms with Crippen LogP contribution in [-0.4, -0.2) is 23.2 Å². The first-order valence-electron chi connectivity index (χ1n) is 6.45. The van der Waals surface area contributed by atoms with Gasteiger partial charge in [-0.25, -0.2) is 0 Å². The van der Waals surface area contributed by atoms with Crippen molar-refractivity contribution in [1.82, 2.24) is 15.5 Å². The maximum absolute atomic E-state index is 5.41. The van der Waals surface area contributed by atoms with Crippen LogP contribution in [0.2, 0.25) is 0 Å². The molecular weight excluding hydrogens is 226 g/mol. The van der Waals surface area contributed by atoms with Crippen molar-refractivity contribution in [3.8, 4) is 11.4 Å². The molecule has 0 unspecified atom stereocenters. The van der Waals surface area contributed by atoms with Crippen LogP contribution in [0.4, 0.5) is 0 Å². The van der Waals surface area contributed by atoms with Gasteiger partial charge in [-0.05, 0) is 31.9 Å². The number of hydrogen-bond acceptors (Lipinski definition) is 4. The third-order valence-corrected chi connectivity index (χ3v) is 3.47. The first kappa shape index (κ1) is 11.4. The van der Waals surface area contributed by atoms with E-state index in [0.29, 0.717) is 11.7 Å². The lowest BCUT2D eigenvalue weighted by atomic mass is 10.00. The molecule has 1 N–H and O–H groups in total. The molecule has 0 amide bonds. The van der Waals surface area contributed by atoms with Crippen molar-refractivity contribution in [2.24, 2.45) is 0 Å². The lowest BCUT2D eigenvalue weighted by molar-refractivity contribution is 0.322. The Morgan fingerprint density at radius 1 is 1.33 bits per heavy atom.